The molecular weight excluding hydrogens is 282 g/mol. The van der Waals surface area contributed by atoms with Gasteiger partial charge in [0.1, 0.15) is 0 Å². The second kappa shape index (κ2) is 5.43. The van der Waals surface area contributed by atoms with Crippen LogP contribution in [-0.4, -0.2) is 6.54 Å². The quantitative estimate of drug-likeness (QED) is 0.775. The van der Waals surface area contributed by atoms with Crippen LogP contribution in [-0.2, 0) is 0 Å². The molecule has 0 radical (unpaired) electrons. The maximum atomic E-state index is 3.75. The molecule has 0 aliphatic heterocycles. The third-order valence-electron chi connectivity index (χ3n) is 5.38. The van der Waals surface area contributed by atoms with Gasteiger partial charge >= 0.3 is 0 Å². The molecule has 4 unspecified atom stereocenters. The molecular formula is C17H23NS2. The summed E-state index contributed by atoms with van der Waals surface area (Å²) in [6, 6.07) is 5.30. The fourth-order valence-electron chi connectivity index (χ4n) is 4.47. The van der Waals surface area contributed by atoms with Crippen LogP contribution in [0.15, 0.2) is 17.5 Å². The molecule has 2 saturated carbocycles. The van der Waals surface area contributed by atoms with Crippen LogP contribution in [0.3, 0.4) is 0 Å². The van der Waals surface area contributed by atoms with Crippen LogP contribution in [0, 0.1) is 17.8 Å². The lowest BCUT2D eigenvalue weighted by Gasteiger charge is -2.26. The Kier molecular flexibility index (Phi) is 3.61. The minimum Gasteiger partial charge on any atom is -0.310 e. The fraction of sp³-hybridized carbons (Fsp3) is 0.647. The van der Waals surface area contributed by atoms with E-state index in [1.54, 1.807) is 4.88 Å². The summed E-state index contributed by atoms with van der Waals surface area (Å²) in [6.45, 7) is 3.32. The first-order valence-corrected chi connectivity index (χ1v) is 9.73. The van der Waals surface area contributed by atoms with E-state index in [0.29, 0.717) is 6.04 Å². The largest absolute Gasteiger partial charge is 0.310 e. The summed E-state index contributed by atoms with van der Waals surface area (Å²) in [5.41, 5.74) is 0. The summed E-state index contributed by atoms with van der Waals surface area (Å²) >= 11 is 3.88. The lowest BCUT2D eigenvalue weighted by atomic mass is 9.84. The van der Waals surface area contributed by atoms with E-state index >= 15 is 0 Å². The molecule has 0 spiro atoms. The van der Waals surface area contributed by atoms with E-state index in [0.717, 1.165) is 24.3 Å². The van der Waals surface area contributed by atoms with Crippen LogP contribution in [0.1, 0.15) is 49.9 Å². The second-order valence-corrected chi connectivity index (χ2v) is 8.64. The number of thiophene rings is 2. The van der Waals surface area contributed by atoms with Gasteiger partial charge < -0.3 is 5.32 Å². The molecule has 2 heterocycles. The minimum atomic E-state index is 0.592. The Hall–Kier alpha value is -0.380. The first-order valence-electron chi connectivity index (χ1n) is 8.03. The molecule has 2 aliphatic rings. The summed E-state index contributed by atoms with van der Waals surface area (Å²) in [5, 5.41) is 5.96. The van der Waals surface area contributed by atoms with Crippen molar-refractivity contribution in [2.45, 2.75) is 45.1 Å². The van der Waals surface area contributed by atoms with Crippen LogP contribution in [0.2, 0.25) is 0 Å². The van der Waals surface area contributed by atoms with Gasteiger partial charge in [-0.1, -0.05) is 13.3 Å². The number of hydrogen-bond donors (Lipinski definition) is 1. The SMILES string of the molecule is CCNC(CC1CC2CCC1C2)c1cc2sccc2s1. The maximum Gasteiger partial charge on any atom is 0.0454 e. The molecule has 2 bridgehead atoms. The third-order valence-corrected chi connectivity index (χ3v) is 7.58. The van der Waals surface area contributed by atoms with Crippen molar-refractivity contribution >= 4 is 32.1 Å². The van der Waals surface area contributed by atoms with Crippen LogP contribution >= 0.6 is 22.7 Å². The molecule has 2 aromatic heterocycles. The first kappa shape index (κ1) is 13.3. The molecule has 108 valence electrons. The van der Waals surface area contributed by atoms with Gasteiger partial charge in [-0.05, 0) is 67.5 Å². The van der Waals surface area contributed by atoms with Crippen molar-refractivity contribution < 1.29 is 0 Å². The predicted molar refractivity (Wildman–Crippen MR) is 89.7 cm³/mol. The number of hydrogen-bond acceptors (Lipinski definition) is 3. The number of nitrogens with one attached hydrogen (secondary N) is 1. The average Bonchev–Trinajstić information content (AvgIpc) is 3.17. The Labute approximate surface area is 129 Å². The highest BCUT2D eigenvalue weighted by atomic mass is 32.1. The van der Waals surface area contributed by atoms with Gasteiger partial charge in [-0.25, -0.2) is 0 Å². The zero-order valence-corrected chi connectivity index (χ0v) is 13.7. The Balaban J connectivity index is 1.53. The zero-order chi connectivity index (χ0) is 13.5. The molecule has 4 atom stereocenters. The van der Waals surface area contributed by atoms with E-state index in [1.807, 2.05) is 22.7 Å². The number of fused-ring (bicyclic) bond motifs is 3. The van der Waals surface area contributed by atoms with Gasteiger partial charge in [0, 0.05) is 20.3 Å². The monoisotopic (exact) mass is 305 g/mol. The second-order valence-electron chi connectivity index (χ2n) is 6.58. The molecule has 2 aromatic rings. The van der Waals surface area contributed by atoms with E-state index in [4.69, 9.17) is 0 Å². The van der Waals surface area contributed by atoms with Crippen LogP contribution in [0.4, 0.5) is 0 Å². The highest BCUT2D eigenvalue weighted by Gasteiger charge is 2.40. The van der Waals surface area contributed by atoms with E-state index in [2.05, 4.69) is 29.8 Å². The summed E-state index contributed by atoms with van der Waals surface area (Å²) in [6.07, 6.45) is 7.42. The van der Waals surface area contributed by atoms with Gasteiger partial charge in [-0.15, -0.1) is 22.7 Å². The molecule has 0 aromatic carbocycles. The molecule has 0 saturated heterocycles. The maximum absolute atomic E-state index is 3.75. The Morgan fingerprint density at radius 2 is 2.25 bits per heavy atom. The molecule has 1 N–H and O–H groups in total. The number of rotatable bonds is 5. The van der Waals surface area contributed by atoms with E-state index in [-0.39, 0.29) is 0 Å². The predicted octanol–water partition coefficient (Wildman–Crippen LogP) is 5.44. The standard InChI is InChI=1S/C17H23NS2/c1-2-18-14(9-13-8-11-3-4-12(13)7-11)16-10-17-15(20-16)5-6-19-17/h5-6,10-14,18H,2-4,7-9H2,1H3. The van der Waals surface area contributed by atoms with Gasteiger partial charge in [0.15, 0.2) is 0 Å². The van der Waals surface area contributed by atoms with Crippen molar-refractivity contribution in [1.82, 2.24) is 5.32 Å². The smallest absolute Gasteiger partial charge is 0.0454 e. The van der Waals surface area contributed by atoms with Crippen molar-refractivity contribution in [2.24, 2.45) is 17.8 Å². The zero-order valence-electron chi connectivity index (χ0n) is 12.1. The van der Waals surface area contributed by atoms with Crippen LogP contribution < -0.4 is 5.32 Å². The first-order chi connectivity index (χ1) is 9.83. The molecule has 0 amide bonds. The van der Waals surface area contributed by atoms with Crippen LogP contribution in [0.25, 0.3) is 9.40 Å². The Morgan fingerprint density at radius 3 is 2.95 bits per heavy atom. The lowest BCUT2D eigenvalue weighted by molar-refractivity contribution is 0.282. The summed E-state index contributed by atoms with van der Waals surface area (Å²) in [5.74, 6) is 3.10. The highest BCUT2D eigenvalue weighted by molar-refractivity contribution is 7.26. The van der Waals surface area contributed by atoms with Gasteiger partial charge in [-0.3, -0.25) is 0 Å². The third kappa shape index (κ3) is 2.34. The van der Waals surface area contributed by atoms with E-state index < -0.39 is 0 Å². The summed E-state index contributed by atoms with van der Waals surface area (Å²) in [7, 11) is 0. The molecule has 4 rings (SSSR count). The molecule has 3 heteroatoms. The topological polar surface area (TPSA) is 12.0 Å². The van der Waals surface area contributed by atoms with Gasteiger partial charge in [0.05, 0.1) is 0 Å². The fourth-order valence-corrected chi connectivity index (χ4v) is 6.68. The summed E-state index contributed by atoms with van der Waals surface area (Å²) < 4.78 is 2.95. The average molecular weight is 306 g/mol. The van der Waals surface area contributed by atoms with Crippen molar-refractivity contribution in [3.63, 3.8) is 0 Å². The normalized spacial score (nSPS) is 30.4. The van der Waals surface area contributed by atoms with Crippen molar-refractivity contribution in [3.8, 4) is 0 Å². The Morgan fingerprint density at radius 1 is 1.30 bits per heavy atom. The van der Waals surface area contributed by atoms with Crippen molar-refractivity contribution in [1.29, 1.82) is 0 Å². The van der Waals surface area contributed by atoms with E-state index in [9.17, 15) is 0 Å². The van der Waals surface area contributed by atoms with Crippen molar-refractivity contribution in [2.75, 3.05) is 6.54 Å². The van der Waals surface area contributed by atoms with Crippen molar-refractivity contribution in [3.05, 3.63) is 22.4 Å². The van der Waals surface area contributed by atoms with Gasteiger partial charge in [0.25, 0.3) is 0 Å². The molecule has 2 aliphatic carbocycles. The minimum absolute atomic E-state index is 0.592. The van der Waals surface area contributed by atoms with E-state index in [1.165, 1.54) is 41.5 Å². The lowest BCUT2D eigenvalue weighted by Crippen LogP contribution is -2.24. The highest BCUT2D eigenvalue weighted by Crippen LogP contribution is 2.51. The Bertz CT molecular complexity index is 556. The molecule has 20 heavy (non-hydrogen) atoms. The van der Waals surface area contributed by atoms with Gasteiger partial charge in [-0.2, -0.15) is 0 Å². The van der Waals surface area contributed by atoms with Crippen LogP contribution in [0.5, 0.6) is 0 Å². The summed E-state index contributed by atoms with van der Waals surface area (Å²) in [4.78, 5) is 1.57. The molecule has 2 fully saturated rings. The molecule has 1 nitrogen and oxygen atoms in total. The van der Waals surface area contributed by atoms with Gasteiger partial charge in [0.2, 0.25) is 0 Å².